The zero-order chi connectivity index (χ0) is 8.39. The molecule has 0 bridgehead atoms. The van der Waals surface area contributed by atoms with Crippen LogP contribution < -0.4 is 10.6 Å². The smallest absolute Gasteiger partial charge is 0.101 e. The van der Waals surface area contributed by atoms with Crippen molar-refractivity contribution >= 4 is 0 Å². The fraction of sp³-hybridized carbons (Fsp3) is 0.778. The molecule has 0 aromatic heterocycles. The van der Waals surface area contributed by atoms with Gasteiger partial charge in [-0.15, -0.1) is 0 Å². The molecule has 0 saturated carbocycles. The second-order valence-electron chi connectivity index (χ2n) is 3.68. The molecule has 0 amide bonds. The van der Waals surface area contributed by atoms with Gasteiger partial charge in [-0.05, 0) is 25.9 Å². The van der Waals surface area contributed by atoms with Gasteiger partial charge < -0.3 is 15.5 Å². The summed E-state index contributed by atoms with van der Waals surface area (Å²) < 4.78 is 0. The van der Waals surface area contributed by atoms with Crippen LogP contribution in [0, 0.1) is 5.92 Å². The Labute approximate surface area is 73.8 Å². The van der Waals surface area contributed by atoms with Crippen molar-refractivity contribution in [2.45, 2.75) is 19.0 Å². The second kappa shape index (κ2) is 3.35. The van der Waals surface area contributed by atoms with Gasteiger partial charge in [-0.2, -0.15) is 0 Å². The number of hydrogen-bond acceptors (Lipinski definition) is 3. The normalized spacial score (nSPS) is 30.8. The lowest BCUT2D eigenvalue weighted by Gasteiger charge is -2.32. The second-order valence-corrected chi connectivity index (χ2v) is 3.68. The average molecular weight is 167 g/mol. The van der Waals surface area contributed by atoms with Crippen LogP contribution in [0.1, 0.15) is 12.8 Å². The molecule has 0 spiro atoms. The zero-order valence-electron chi connectivity index (χ0n) is 7.59. The van der Waals surface area contributed by atoms with Crippen molar-refractivity contribution in [1.29, 1.82) is 0 Å². The molecule has 12 heavy (non-hydrogen) atoms. The van der Waals surface area contributed by atoms with E-state index in [9.17, 15) is 0 Å². The monoisotopic (exact) mass is 167 g/mol. The highest BCUT2D eigenvalue weighted by atomic mass is 15.3. The molecule has 2 aliphatic heterocycles. The average Bonchev–Trinajstić information content (AvgIpc) is 2.53. The van der Waals surface area contributed by atoms with Crippen molar-refractivity contribution < 1.29 is 0 Å². The molecule has 2 N–H and O–H groups in total. The largest absolute Gasteiger partial charge is 0.370 e. The Morgan fingerprint density at radius 2 is 2.08 bits per heavy atom. The summed E-state index contributed by atoms with van der Waals surface area (Å²) >= 11 is 0. The minimum absolute atomic E-state index is 0.548. The zero-order valence-corrected chi connectivity index (χ0v) is 7.59. The van der Waals surface area contributed by atoms with Gasteiger partial charge in [0.1, 0.15) is 6.17 Å². The first-order chi connectivity index (χ1) is 5.88. The lowest BCUT2D eigenvalue weighted by Crippen LogP contribution is -2.44. The van der Waals surface area contributed by atoms with Crippen molar-refractivity contribution in [2.75, 3.05) is 20.1 Å². The molecule has 0 aromatic carbocycles. The summed E-state index contributed by atoms with van der Waals surface area (Å²) in [5.41, 5.74) is 0. The van der Waals surface area contributed by atoms with Gasteiger partial charge >= 0.3 is 0 Å². The predicted octanol–water partition coefficient (Wildman–Crippen LogP) is 0.318. The van der Waals surface area contributed by atoms with Crippen molar-refractivity contribution in [2.24, 2.45) is 5.92 Å². The molecule has 2 heterocycles. The third-order valence-corrected chi connectivity index (χ3v) is 2.85. The summed E-state index contributed by atoms with van der Waals surface area (Å²) in [6.45, 7) is 2.35. The molecule has 1 fully saturated rings. The molecule has 2 rings (SSSR count). The number of nitrogens with zero attached hydrogens (tertiary/aromatic N) is 1. The fourth-order valence-corrected chi connectivity index (χ4v) is 2.10. The quantitative estimate of drug-likeness (QED) is 0.589. The Kier molecular flexibility index (Phi) is 2.21. The van der Waals surface area contributed by atoms with Crippen molar-refractivity contribution in [3.63, 3.8) is 0 Å². The van der Waals surface area contributed by atoms with Gasteiger partial charge in [0.15, 0.2) is 0 Å². The lowest BCUT2D eigenvalue weighted by atomic mass is 9.94. The summed E-state index contributed by atoms with van der Waals surface area (Å²) in [5.74, 6) is 0.811. The minimum atomic E-state index is 0.548. The molecule has 0 radical (unpaired) electrons. The molecule has 0 aliphatic carbocycles. The molecular weight excluding hydrogens is 150 g/mol. The van der Waals surface area contributed by atoms with Gasteiger partial charge in [-0.25, -0.2) is 0 Å². The van der Waals surface area contributed by atoms with E-state index >= 15 is 0 Å². The molecule has 2 aliphatic rings. The van der Waals surface area contributed by atoms with Gasteiger partial charge in [0.05, 0.1) is 0 Å². The summed E-state index contributed by atoms with van der Waals surface area (Å²) in [6.07, 6.45) is 7.30. The van der Waals surface area contributed by atoms with Crippen LogP contribution in [0.5, 0.6) is 0 Å². The van der Waals surface area contributed by atoms with Gasteiger partial charge in [-0.1, -0.05) is 0 Å². The molecule has 1 saturated heterocycles. The summed E-state index contributed by atoms with van der Waals surface area (Å²) in [5, 5.41) is 6.78. The Bertz CT molecular complexity index is 173. The van der Waals surface area contributed by atoms with Crippen LogP contribution >= 0.6 is 0 Å². The van der Waals surface area contributed by atoms with Crippen molar-refractivity contribution in [3.05, 3.63) is 12.4 Å². The molecule has 3 nitrogen and oxygen atoms in total. The van der Waals surface area contributed by atoms with Crippen LogP contribution in [0.25, 0.3) is 0 Å². The van der Waals surface area contributed by atoms with E-state index in [-0.39, 0.29) is 0 Å². The van der Waals surface area contributed by atoms with E-state index in [0.29, 0.717) is 6.17 Å². The summed E-state index contributed by atoms with van der Waals surface area (Å²) in [6, 6.07) is 0. The maximum atomic E-state index is 3.39. The number of nitrogens with one attached hydrogen (secondary N) is 2. The van der Waals surface area contributed by atoms with Gasteiger partial charge in [0.25, 0.3) is 0 Å². The van der Waals surface area contributed by atoms with Gasteiger partial charge in [0, 0.05) is 25.4 Å². The summed E-state index contributed by atoms with van der Waals surface area (Å²) in [4.78, 5) is 2.27. The van der Waals surface area contributed by atoms with E-state index in [2.05, 4.69) is 28.8 Å². The highest BCUT2D eigenvalue weighted by Gasteiger charge is 2.26. The third kappa shape index (κ3) is 1.41. The molecule has 0 aromatic rings. The first-order valence-corrected chi connectivity index (χ1v) is 4.73. The Hall–Kier alpha value is -0.700. The predicted molar refractivity (Wildman–Crippen MR) is 49.4 cm³/mol. The van der Waals surface area contributed by atoms with E-state index in [1.807, 2.05) is 6.20 Å². The molecule has 68 valence electrons. The minimum Gasteiger partial charge on any atom is -0.370 e. The summed E-state index contributed by atoms with van der Waals surface area (Å²) in [7, 11) is 2.14. The van der Waals surface area contributed by atoms with E-state index in [4.69, 9.17) is 0 Å². The number of hydrogen-bond donors (Lipinski definition) is 2. The topological polar surface area (TPSA) is 27.3 Å². The van der Waals surface area contributed by atoms with E-state index in [0.717, 1.165) is 5.92 Å². The van der Waals surface area contributed by atoms with Gasteiger partial charge in [0.2, 0.25) is 0 Å². The van der Waals surface area contributed by atoms with Crippen molar-refractivity contribution in [1.82, 2.24) is 15.5 Å². The fourth-order valence-electron chi connectivity index (χ4n) is 2.10. The van der Waals surface area contributed by atoms with E-state index < -0.39 is 0 Å². The third-order valence-electron chi connectivity index (χ3n) is 2.85. The highest BCUT2D eigenvalue weighted by Crippen LogP contribution is 2.20. The Morgan fingerprint density at radius 1 is 1.33 bits per heavy atom. The Balaban J connectivity index is 1.90. The molecule has 3 heteroatoms. The maximum absolute atomic E-state index is 3.39. The number of rotatable bonds is 1. The first kappa shape index (κ1) is 7.92. The highest BCUT2D eigenvalue weighted by molar-refractivity contribution is 4.95. The molecule has 1 atom stereocenters. The van der Waals surface area contributed by atoms with Crippen LogP contribution in [0.4, 0.5) is 0 Å². The van der Waals surface area contributed by atoms with Gasteiger partial charge in [-0.3, -0.25) is 0 Å². The van der Waals surface area contributed by atoms with E-state index in [1.54, 1.807) is 0 Å². The van der Waals surface area contributed by atoms with E-state index in [1.165, 1.54) is 25.9 Å². The van der Waals surface area contributed by atoms with Crippen LogP contribution in [-0.4, -0.2) is 31.2 Å². The standard InChI is InChI=1S/C9H17N3/c1-12-7-6-11-9(12)8-2-4-10-5-3-8/h6-11H,2-5H2,1H3. The molecular formula is C9H17N3. The maximum Gasteiger partial charge on any atom is 0.101 e. The number of piperidine rings is 1. The Morgan fingerprint density at radius 3 is 2.67 bits per heavy atom. The first-order valence-electron chi connectivity index (χ1n) is 4.73. The van der Waals surface area contributed by atoms with Crippen LogP contribution in [0.3, 0.4) is 0 Å². The van der Waals surface area contributed by atoms with Crippen LogP contribution in [0.2, 0.25) is 0 Å². The van der Waals surface area contributed by atoms with Crippen LogP contribution in [0.15, 0.2) is 12.4 Å². The van der Waals surface area contributed by atoms with Crippen LogP contribution in [-0.2, 0) is 0 Å². The lowest BCUT2D eigenvalue weighted by molar-refractivity contribution is 0.192. The van der Waals surface area contributed by atoms with Crippen molar-refractivity contribution in [3.8, 4) is 0 Å². The molecule has 1 unspecified atom stereocenters. The SMILES string of the molecule is CN1C=CNC1C1CCNCC1.